The van der Waals surface area contributed by atoms with Gasteiger partial charge in [-0.25, -0.2) is 4.79 Å². The van der Waals surface area contributed by atoms with Gasteiger partial charge in [-0.05, 0) is 28.7 Å². The van der Waals surface area contributed by atoms with Crippen LogP contribution in [0.1, 0.15) is 17.9 Å². The summed E-state index contributed by atoms with van der Waals surface area (Å²) in [7, 11) is 1.41. The molecule has 1 aliphatic rings. The molecule has 5 heteroatoms. The summed E-state index contributed by atoms with van der Waals surface area (Å²) in [6, 6.07) is 13.2. The summed E-state index contributed by atoms with van der Waals surface area (Å²) in [6.07, 6.45) is 0.749. The van der Waals surface area contributed by atoms with Gasteiger partial charge in [-0.2, -0.15) is 0 Å². The Morgan fingerprint density at radius 3 is 2.74 bits per heavy atom. The molecule has 1 aliphatic carbocycles. The van der Waals surface area contributed by atoms with Gasteiger partial charge in [-0.1, -0.05) is 42.5 Å². The average Bonchev–Trinajstić information content (AvgIpc) is 3.34. The number of carbonyl (C=O) groups excluding carboxylic acids is 1. The van der Waals surface area contributed by atoms with Gasteiger partial charge in [-0.15, -0.1) is 0 Å². The Labute approximate surface area is 134 Å². The molecule has 0 heterocycles. The summed E-state index contributed by atoms with van der Waals surface area (Å²) in [5.74, 6) is -1.31. The van der Waals surface area contributed by atoms with E-state index in [9.17, 15) is 9.59 Å². The highest BCUT2D eigenvalue weighted by Crippen LogP contribution is 2.49. The highest BCUT2D eigenvalue weighted by atomic mass is 16.5. The number of rotatable bonds is 6. The minimum atomic E-state index is -1.08. The van der Waals surface area contributed by atoms with Crippen molar-refractivity contribution in [2.45, 2.75) is 18.4 Å². The van der Waals surface area contributed by atoms with E-state index in [2.05, 4.69) is 23.5 Å². The zero-order valence-corrected chi connectivity index (χ0v) is 12.9. The molecule has 0 saturated heterocycles. The summed E-state index contributed by atoms with van der Waals surface area (Å²) in [6.45, 7) is -0.0350. The zero-order chi connectivity index (χ0) is 16.4. The first-order valence-electron chi connectivity index (χ1n) is 7.61. The van der Waals surface area contributed by atoms with E-state index in [0.717, 1.165) is 22.8 Å². The largest absolute Gasteiger partial charge is 0.480 e. The van der Waals surface area contributed by atoms with Crippen molar-refractivity contribution in [2.75, 3.05) is 13.7 Å². The molecule has 0 bridgehead atoms. The van der Waals surface area contributed by atoms with Crippen molar-refractivity contribution < 1.29 is 19.4 Å². The third-order valence-corrected chi connectivity index (χ3v) is 4.30. The first-order valence-corrected chi connectivity index (χ1v) is 7.61. The second-order valence-electron chi connectivity index (χ2n) is 5.87. The number of aliphatic carboxylic acids is 1. The SMILES string of the molecule is COCC(NC(=O)C1CC1c1cccc2ccccc12)C(=O)O. The first-order chi connectivity index (χ1) is 11.1. The van der Waals surface area contributed by atoms with E-state index in [1.165, 1.54) is 7.11 Å². The molecule has 2 N–H and O–H groups in total. The van der Waals surface area contributed by atoms with Gasteiger partial charge in [0.2, 0.25) is 5.91 Å². The maximum Gasteiger partial charge on any atom is 0.328 e. The standard InChI is InChI=1S/C18H19NO4/c1-23-10-16(18(21)22)19-17(20)15-9-14(15)13-8-4-6-11-5-2-3-7-12(11)13/h2-8,14-16H,9-10H2,1H3,(H,19,20)(H,21,22). The van der Waals surface area contributed by atoms with Gasteiger partial charge in [0.15, 0.2) is 6.04 Å². The van der Waals surface area contributed by atoms with Crippen LogP contribution in [0, 0.1) is 5.92 Å². The van der Waals surface area contributed by atoms with Crippen molar-refractivity contribution in [3.05, 3.63) is 48.0 Å². The molecule has 3 rings (SSSR count). The Bertz CT molecular complexity index is 737. The molecule has 3 atom stereocenters. The summed E-state index contributed by atoms with van der Waals surface area (Å²) in [5.41, 5.74) is 1.15. The molecule has 0 aromatic heterocycles. The highest BCUT2D eigenvalue weighted by molar-refractivity contribution is 5.91. The van der Waals surface area contributed by atoms with Crippen LogP contribution >= 0.6 is 0 Å². The fraction of sp³-hybridized carbons (Fsp3) is 0.333. The lowest BCUT2D eigenvalue weighted by Gasteiger charge is -2.13. The number of benzene rings is 2. The van der Waals surface area contributed by atoms with E-state index < -0.39 is 12.0 Å². The molecule has 1 amide bonds. The molecule has 5 nitrogen and oxygen atoms in total. The number of fused-ring (bicyclic) bond motifs is 1. The fourth-order valence-electron chi connectivity index (χ4n) is 3.02. The third-order valence-electron chi connectivity index (χ3n) is 4.30. The van der Waals surface area contributed by atoms with E-state index in [-0.39, 0.29) is 24.3 Å². The van der Waals surface area contributed by atoms with E-state index in [1.54, 1.807) is 0 Å². The van der Waals surface area contributed by atoms with Crippen LogP contribution < -0.4 is 5.32 Å². The van der Waals surface area contributed by atoms with Gasteiger partial charge in [0.25, 0.3) is 0 Å². The van der Waals surface area contributed by atoms with Crippen LogP contribution in [-0.2, 0) is 14.3 Å². The minimum absolute atomic E-state index is 0.0350. The summed E-state index contributed by atoms with van der Waals surface area (Å²) < 4.78 is 4.84. The third kappa shape index (κ3) is 3.19. The lowest BCUT2D eigenvalue weighted by molar-refractivity contribution is -0.143. The smallest absolute Gasteiger partial charge is 0.328 e. The number of carboxylic acid groups (broad SMARTS) is 1. The normalized spacial score (nSPS) is 20.9. The van der Waals surface area contributed by atoms with Crippen molar-refractivity contribution in [1.29, 1.82) is 0 Å². The van der Waals surface area contributed by atoms with E-state index in [1.807, 2.05) is 24.3 Å². The summed E-state index contributed by atoms with van der Waals surface area (Å²) in [5, 5.41) is 14.0. The summed E-state index contributed by atoms with van der Waals surface area (Å²) in [4.78, 5) is 23.4. The van der Waals surface area contributed by atoms with Crippen molar-refractivity contribution in [3.63, 3.8) is 0 Å². The van der Waals surface area contributed by atoms with Gasteiger partial charge in [0.05, 0.1) is 6.61 Å². The highest BCUT2D eigenvalue weighted by Gasteiger charge is 2.45. The predicted molar refractivity (Wildman–Crippen MR) is 86.2 cm³/mol. The maximum absolute atomic E-state index is 12.3. The van der Waals surface area contributed by atoms with Gasteiger partial charge < -0.3 is 15.2 Å². The van der Waals surface area contributed by atoms with Crippen LogP contribution in [-0.4, -0.2) is 36.7 Å². The van der Waals surface area contributed by atoms with Crippen LogP contribution in [0.15, 0.2) is 42.5 Å². The van der Waals surface area contributed by atoms with Gasteiger partial charge in [-0.3, -0.25) is 4.79 Å². The molecule has 0 radical (unpaired) electrons. The number of amides is 1. The molecule has 2 aromatic carbocycles. The van der Waals surface area contributed by atoms with E-state index >= 15 is 0 Å². The Morgan fingerprint density at radius 1 is 1.26 bits per heavy atom. The van der Waals surface area contributed by atoms with Gasteiger partial charge >= 0.3 is 5.97 Å². The molecule has 3 unspecified atom stereocenters. The molecule has 120 valence electrons. The van der Waals surface area contributed by atoms with Crippen molar-refractivity contribution in [3.8, 4) is 0 Å². The molecular formula is C18H19NO4. The fourth-order valence-corrected chi connectivity index (χ4v) is 3.02. The number of methoxy groups -OCH3 is 1. The van der Waals surface area contributed by atoms with Crippen molar-refractivity contribution in [2.24, 2.45) is 5.92 Å². The molecule has 2 aromatic rings. The monoisotopic (exact) mass is 313 g/mol. The van der Waals surface area contributed by atoms with E-state index in [0.29, 0.717) is 0 Å². The number of carboxylic acids is 1. The van der Waals surface area contributed by atoms with Crippen LogP contribution in [0.3, 0.4) is 0 Å². The second-order valence-corrected chi connectivity index (χ2v) is 5.87. The number of carbonyl (C=O) groups is 2. The van der Waals surface area contributed by atoms with Crippen molar-refractivity contribution in [1.82, 2.24) is 5.32 Å². The maximum atomic E-state index is 12.3. The second kappa shape index (κ2) is 6.38. The Balaban J connectivity index is 1.73. The van der Waals surface area contributed by atoms with Crippen LogP contribution in [0.4, 0.5) is 0 Å². The zero-order valence-electron chi connectivity index (χ0n) is 12.9. The average molecular weight is 313 g/mol. The van der Waals surface area contributed by atoms with Crippen molar-refractivity contribution >= 4 is 22.6 Å². The first kappa shape index (κ1) is 15.5. The lowest BCUT2D eigenvalue weighted by Crippen LogP contribution is -2.44. The minimum Gasteiger partial charge on any atom is -0.480 e. The molecule has 0 spiro atoms. The predicted octanol–water partition coefficient (Wildman–Crippen LogP) is 2.16. The molecule has 23 heavy (non-hydrogen) atoms. The summed E-state index contributed by atoms with van der Waals surface area (Å²) >= 11 is 0. The molecule has 1 saturated carbocycles. The number of ether oxygens (including phenoxy) is 1. The Morgan fingerprint density at radius 2 is 2.00 bits per heavy atom. The van der Waals surface area contributed by atoms with Gasteiger partial charge in [0, 0.05) is 13.0 Å². The molecular weight excluding hydrogens is 294 g/mol. The van der Waals surface area contributed by atoms with Gasteiger partial charge in [0.1, 0.15) is 0 Å². The van der Waals surface area contributed by atoms with Crippen LogP contribution in [0.2, 0.25) is 0 Å². The lowest BCUT2D eigenvalue weighted by atomic mass is 10.00. The van der Waals surface area contributed by atoms with Crippen LogP contribution in [0.5, 0.6) is 0 Å². The van der Waals surface area contributed by atoms with E-state index in [4.69, 9.17) is 9.84 Å². The number of hydrogen-bond donors (Lipinski definition) is 2. The Hall–Kier alpha value is -2.40. The number of hydrogen-bond acceptors (Lipinski definition) is 3. The van der Waals surface area contributed by atoms with Crippen LogP contribution in [0.25, 0.3) is 10.8 Å². The Kier molecular flexibility index (Phi) is 4.30. The number of nitrogens with one attached hydrogen (secondary N) is 1. The topological polar surface area (TPSA) is 75.6 Å². The quantitative estimate of drug-likeness (QED) is 0.857. The molecule has 0 aliphatic heterocycles. The molecule has 1 fully saturated rings.